The smallest absolute Gasteiger partial charge is 0.243 e. The topological polar surface area (TPSA) is 74.8 Å². The normalized spacial score (nSPS) is 10.6. The van der Waals surface area contributed by atoms with E-state index in [0.717, 1.165) is 27.0 Å². The molecule has 2 rings (SSSR count). The van der Waals surface area contributed by atoms with E-state index in [1.54, 1.807) is 7.11 Å². The summed E-state index contributed by atoms with van der Waals surface area (Å²) in [6, 6.07) is 13.5. The van der Waals surface area contributed by atoms with E-state index in [-0.39, 0.29) is 36.4 Å². The van der Waals surface area contributed by atoms with Crippen LogP contribution in [0.2, 0.25) is 0 Å². The fraction of sp³-hybridized carbons (Fsp3) is 0.300. The summed E-state index contributed by atoms with van der Waals surface area (Å²) < 4.78 is 6.26. The van der Waals surface area contributed by atoms with Crippen molar-refractivity contribution in [2.45, 2.75) is 20.4 Å². The van der Waals surface area contributed by atoms with Gasteiger partial charge in [-0.25, -0.2) is 4.99 Å². The summed E-state index contributed by atoms with van der Waals surface area (Å²) in [6.45, 7) is 5.19. The molecule has 2 aromatic rings. The van der Waals surface area contributed by atoms with Gasteiger partial charge in [0.1, 0.15) is 5.75 Å². The SMILES string of the molecule is CCNC(=NCc1ccccc1OC)NCC(=O)Nc1cc(Br)ccc1C.I. The van der Waals surface area contributed by atoms with Gasteiger partial charge in [-0.2, -0.15) is 0 Å². The molecule has 0 aliphatic heterocycles. The summed E-state index contributed by atoms with van der Waals surface area (Å²) in [5.41, 5.74) is 2.77. The number of carbonyl (C=O) groups excluding carboxylic acids is 1. The number of aliphatic imine (C=N–C) groups is 1. The molecule has 0 unspecified atom stereocenters. The van der Waals surface area contributed by atoms with Crippen LogP contribution in [0.25, 0.3) is 0 Å². The lowest BCUT2D eigenvalue weighted by molar-refractivity contribution is -0.115. The molecule has 28 heavy (non-hydrogen) atoms. The Balaban J connectivity index is 0.00000392. The van der Waals surface area contributed by atoms with E-state index in [0.29, 0.717) is 19.0 Å². The molecule has 0 radical (unpaired) electrons. The Morgan fingerprint density at radius 3 is 2.64 bits per heavy atom. The zero-order valence-electron chi connectivity index (χ0n) is 16.2. The summed E-state index contributed by atoms with van der Waals surface area (Å²) in [7, 11) is 1.64. The van der Waals surface area contributed by atoms with Crippen LogP contribution < -0.4 is 20.7 Å². The molecule has 3 N–H and O–H groups in total. The Hall–Kier alpha value is -1.81. The van der Waals surface area contributed by atoms with E-state index in [2.05, 4.69) is 36.9 Å². The van der Waals surface area contributed by atoms with Crippen molar-refractivity contribution in [3.05, 3.63) is 58.1 Å². The predicted molar refractivity (Wildman–Crippen MR) is 129 cm³/mol. The molecular formula is C20H26BrIN4O2. The van der Waals surface area contributed by atoms with Gasteiger partial charge in [0, 0.05) is 22.3 Å². The number of hydrogen-bond donors (Lipinski definition) is 3. The summed E-state index contributed by atoms with van der Waals surface area (Å²) >= 11 is 3.42. The van der Waals surface area contributed by atoms with Crippen molar-refractivity contribution >= 4 is 57.5 Å². The van der Waals surface area contributed by atoms with E-state index in [4.69, 9.17) is 4.74 Å². The average Bonchev–Trinajstić information content (AvgIpc) is 2.67. The molecule has 1 amide bonds. The third-order valence-electron chi connectivity index (χ3n) is 3.83. The third-order valence-corrected chi connectivity index (χ3v) is 4.33. The Morgan fingerprint density at radius 2 is 1.93 bits per heavy atom. The first-order chi connectivity index (χ1) is 13.0. The molecule has 152 valence electrons. The zero-order valence-corrected chi connectivity index (χ0v) is 20.1. The number of benzene rings is 2. The van der Waals surface area contributed by atoms with E-state index < -0.39 is 0 Å². The Kier molecular flexibility index (Phi) is 10.9. The molecule has 0 aliphatic carbocycles. The number of amides is 1. The molecule has 0 saturated heterocycles. The van der Waals surface area contributed by atoms with Crippen LogP contribution in [-0.4, -0.2) is 32.1 Å². The van der Waals surface area contributed by atoms with Crippen molar-refractivity contribution in [1.29, 1.82) is 0 Å². The molecule has 0 saturated carbocycles. The molecule has 8 heteroatoms. The second kappa shape index (κ2) is 12.6. The van der Waals surface area contributed by atoms with E-state index in [1.165, 1.54) is 0 Å². The predicted octanol–water partition coefficient (Wildman–Crippen LogP) is 4.08. The van der Waals surface area contributed by atoms with Crippen LogP contribution in [0, 0.1) is 6.92 Å². The van der Waals surface area contributed by atoms with Gasteiger partial charge in [0.2, 0.25) is 5.91 Å². The second-order valence-electron chi connectivity index (χ2n) is 5.87. The van der Waals surface area contributed by atoms with Gasteiger partial charge in [0.05, 0.1) is 20.2 Å². The van der Waals surface area contributed by atoms with Gasteiger partial charge < -0.3 is 20.7 Å². The fourth-order valence-corrected chi connectivity index (χ4v) is 2.79. The van der Waals surface area contributed by atoms with Gasteiger partial charge in [0.25, 0.3) is 0 Å². The molecular weight excluding hydrogens is 535 g/mol. The van der Waals surface area contributed by atoms with Crippen LogP contribution in [0.3, 0.4) is 0 Å². The van der Waals surface area contributed by atoms with Crippen molar-refractivity contribution in [3.8, 4) is 5.75 Å². The van der Waals surface area contributed by atoms with Gasteiger partial charge in [-0.1, -0.05) is 40.2 Å². The number of guanidine groups is 1. The maximum atomic E-state index is 12.3. The number of halogens is 2. The van der Waals surface area contributed by atoms with E-state index in [9.17, 15) is 4.79 Å². The first kappa shape index (κ1) is 24.2. The van der Waals surface area contributed by atoms with Crippen molar-refractivity contribution in [3.63, 3.8) is 0 Å². The molecule has 2 aromatic carbocycles. The lowest BCUT2D eigenvalue weighted by Crippen LogP contribution is -2.41. The maximum absolute atomic E-state index is 12.3. The highest BCUT2D eigenvalue weighted by atomic mass is 127. The number of ether oxygens (including phenoxy) is 1. The standard InChI is InChI=1S/C20H25BrN4O2.HI/c1-4-22-20(23-12-15-7-5-6-8-18(15)27-3)24-13-19(26)25-17-11-16(21)10-9-14(17)2;/h5-11H,4,12-13H2,1-3H3,(H,25,26)(H2,22,23,24);1H. The summed E-state index contributed by atoms with van der Waals surface area (Å²) in [4.78, 5) is 16.8. The van der Waals surface area contributed by atoms with Gasteiger partial charge in [-0.3, -0.25) is 4.79 Å². The minimum absolute atomic E-state index is 0. The fourth-order valence-electron chi connectivity index (χ4n) is 2.43. The number of aryl methyl sites for hydroxylation is 1. The van der Waals surface area contributed by atoms with Gasteiger partial charge >= 0.3 is 0 Å². The number of anilines is 1. The molecule has 0 heterocycles. The van der Waals surface area contributed by atoms with E-state index in [1.807, 2.05) is 56.3 Å². The summed E-state index contributed by atoms with van der Waals surface area (Å²) in [5, 5.41) is 9.10. The van der Waals surface area contributed by atoms with Crippen LogP contribution in [0.15, 0.2) is 51.9 Å². The van der Waals surface area contributed by atoms with Crippen LogP contribution in [0.4, 0.5) is 5.69 Å². The molecule has 0 fully saturated rings. The lowest BCUT2D eigenvalue weighted by Gasteiger charge is -2.13. The van der Waals surface area contributed by atoms with Crippen LogP contribution in [0.5, 0.6) is 5.75 Å². The van der Waals surface area contributed by atoms with Crippen molar-refractivity contribution in [2.24, 2.45) is 4.99 Å². The minimum Gasteiger partial charge on any atom is -0.496 e. The molecule has 0 spiro atoms. The molecule has 0 atom stereocenters. The number of nitrogens with one attached hydrogen (secondary N) is 3. The number of rotatable bonds is 7. The first-order valence-corrected chi connectivity index (χ1v) is 9.53. The molecule has 0 bridgehead atoms. The van der Waals surface area contributed by atoms with E-state index >= 15 is 0 Å². The van der Waals surface area contributed by atoms with Crippen LogP contribution in [0.1, 0.15) is 18.1 Å². The van der Waals surface area contributed by atoms with Crippen molar-refractivity contribution in [2.75, 3.05) is 25.5 Å². The molecule has 6 nitrogen and oxygen atoms in total. The second-order valence-corrected chi connectivity index (χ2v) is 6.78. The van der Waals surface area contributed by atoms with Crippen LogP contribution in [-0.2, 0) is 11.3 Å². The number of hydrogen-bond acceptors (Lipinski definition) is 3. The highest BCUT2D eigenvalue weighted by Crippen LogP contribution is 2.20. The largest absolute Gasteiger partial charge is 0.496 e. The zero-order chi connectivity index (χ0) is 19.6. The monoisotopic (exact) mass is 560 g/mol. The number of carbonyl (C=O) groups is 1. The van der Waals surface area contributed by atoms with Gasteiger partial charge in [-0.15, -0.1) is 24.0 Å². The highest BCUT2D eigenvalue weighted by molar-refractivity contribution is 14.0. The quantitative estimate of drug-likeness (QED) is 0.271. The Labute approximate surface area is 191 Å². The summed E-state index contributed by atoms with van der Waals surface area (Å²) in [6.07, 6.45) is 0. The Bertz CT molecular complexity index is 815. The number of methoxy groups -OCH3 is 1. The van der Waals surface area contributed by atoms with Gasteiger partial charge in [0.15, 0.2) is 5.96 Å². The highest BCUT2D eigenvalue weighted by Gasteiger charge is 2.07. The molecule has 0 aromatic heterocycles. The van der Waals surface area contributed by atoms with Crippen LogP contribution >= 0.6 is 39.9 Å². The van der Waals surface area contributed by atoms with Crippen molar-refractivity contribution in [1.82, 2.24) is 10.6 Å². The number of nitrogens with zero attached hydrogens (tertiary/aromatic N) is 1. The minimum atomic E-state index is -0.140. The average molecular weight is 561 g/mol. The number of para-hydroxylation sites is 1. The third kappa shape index (κ3) is 7.67. The summed E-state index contributed by atoms with van der Waals surface area (Å²) in [5.74, 6) is 1.23. The Morgan fingerprint density at radius 1 is 1.18 bits per heavy atom. The van der Waals surface area contributed by atoms with Crippen molar-refractivity contribution < 1.29 is 9.53 Å². The van der Waals surface area contributed by atoms with Gasteiger partial charge in [-0.05, 0) is 37.6 Å². The first-order valence-electron chi connectivity index (χ1n) is 8.73. The lowest BCUT2D eigenvalue weighted by atomic mass is 10.2. The maximum Gasteiger partial charge on any atom is 0.243 e. The molecule has 0 aliphatic rings.